The van der Waals surface area contributed by atoms with E-state index in [2.05, 4.69) is 18.3 Å². The van der Waals surface area contributed by atoms with Crippen molar-refractivity contribution in [1.29, 1.82) is 0 Å². The summed E-state index contributed by atoms with van der Waals surface area (Å²) in [5, 5.41) is 3.46. The zero-order chi connectivity index (χ0) is 14.9. The summed E-state index contributed by atoms with van der Waals surface area (Å²) in [4.78, 5) is 11.9. The number of hydrogen-bond acceptors (Lipinski definition) is 3. The Balaban J connectivity index is 1.96. The van der Waals surface area contributed by atoms with Gasteiger partial charge in [-0.1, -0.05) is 36.4 Å². The predicted molar refractivity (Wildman–Crippen MR) is 82.4 cm³/mol. The maximum Gasteiger partial charge on any atom is 0.144 e. The van der Waals surface area contributed by atoms with Crippen molar-refractivity contribution in [3.05, 3.63) is 65.2 Å². The Kier molecular flexibility index (Phi) is 3.52. The van der Waals surface area contributed by atoms with Gasteiger partial charge in [-0.15, -0.1) is 0 Å². The molecule has 0 radical (unpaired) electrons. The smallest absolute Gasteiger partial charge is 0.144 e. The summed E-state index contributed by atoms with van der Waals surface area (Å²) in [5.74, 6) is 0.826. The maximum atomic E-state index is 11.9. The van der Waals surface area contributed by atoms with Gasteiger partial charge in [0.15, 0.2) is 0 Å². The molecule has 2 atom stereocenters. The van der Waals surface area contributed by atoms with Crippen LogP contribution in [0.25, 0.3) is 0 Å². The van der Waals surface area contributed by atoms with Crippen LogP contribution in [0.3, 0.4) is 0 Å². The molecule has 3 rings (SSSR count). The van der Waals surface area contributed by atoms with Gasteiger partial charge in [0.05, 0.1) is 7.11 Å². The van der Waals surface area contributed by atoms with Crippen molar-refractivity contribution < 1.29 is 9.53 Å². The minimum Gasteiger partial charge on any atom is -0.497 e. The molecule has 2 unspecified atom stereocenters. The molecule has 3 nitrogen and oxygen atoms in total. The number of benzene rings is 2. The Bertz CT molecular complexity index is 651. The van der Waals surface area contributed by atoms with E-state index in [0.717, 1.165) is 23.2 Å². The van der Waals surface area contributed by atoms with Crippen molar-refractivity contribution in [3.8, 4) is 5.75 Å². The number of aldehydes is 1. The van der Waals surface area contributed by atoms with E-state index >= 15 is 0 Å². The molecule has 0 fully saturated rings. The Morgan fingerprint density at radius 2 is 1.90 bits per heavy atom. The van der Waals surface area contributed by atoms with Crippen molar-refractivity contribution in [2.24, 2.45) is 0 Å². The van der Waals surface area contributed by atoms with Crippen molar-refractivity contribution in [1.82, 2.24) is 5.32 Å². The van der Waals surface area contributed by atoms with Crippen LogP contribution < -0.4 is 10.1 Å². The fraction of sp³-hybridized carbons (Fsp3) is 0.278. The lowest BCUT2D eigenvalue weighted by atomic mass is 9.85. The summed E-state index contributed by atoms with van der Waals surface area (Å²) in [6, 6.07) is 16.2. The summed E-state index contributed by atoms with van der Waals surface area (Å²) in [6.07, 6.45) is 1.68. The van der Waals surface area contributed by atoms with E-state index in [1.165, 1.54) is 5.56 Å². The van der Waals surface area contributed by atoms with Gasteiger partial charge in [0, 0.05) is 12.5 Å². The molecule has 2 aromatic rings. The average Bonchev–Trinajstić information content (AvgIpc) is 2.82. The number of methoxy groups -OCH3 is 1. The zero-order valence-corrected chi connectivity index (χ0v) is 12.3. The van der Waals surface area contributed by atoms with Gasteiger partial charge in [0.1, 0.15) is 17.6 Å². The van der Waals surface area contributed by atoms with Gasteiger partial charge in [-0.05, 0) is 35.7 Å². The van der Waals surface area contributed by atoms with Crippen LogP contribution >= 0.6 is 0 Å². The van der Waals surface area contributed by atoms with Crippen molar-refractivity contribution in [3.63, 3.8) is 0 Å². The van der Waals surface area contributed by atoms with Crippen LogP contribution in [0.15, 0.2) is 48.5 Å². The number of fused-ring (bicyclic) bond motifs is 1. The number of nitrogens with one attached hydrogen (secondary N) is 1. The Hall–Kier alpha value is -2.13. The maximum absolute atomic E-state index is 11.9. The monoisotopic (exact) mass is 281 g/mol. The Morgan fingerprint density at radius 1 is 1.19 bits per heavy atom. The van der Waals surface area contributed by atoms with Crippen molar-refractivity contribution >= 4 is 6.29 Å². The molecule has 0 saturated heterocycles. The van der Waals surface area contributed by atoms with Gasteiger partial charge in [-0.3, -0.25) is 5.32 Å². The van der Waals surface area contributed by atoms with Crippen LogP contribution in [0, 0.1) is 0 Å². The quantitative estimate of drug-likeness (QED) is 0.876. The second kappa shape index (κ2) is 5.34. The first-order valence-corrected chi connectivity index (χ1v) is 7.15. The zero-order valence-electron chi connectivity index (χ0n) is 12.3. The molecule has 108 valence electrons. The molecule has 0 bridgehead atoms. The molecule has 0 saturated carbocycles. The molecular weight excluding hydrogens is 262 g/mol. The molecule has 1 heterocycles. The highest BCUT2D eigenvalue weighted by atomic mass is 16.5. The fourth-order valence-corrected chi connectivity index (χ4v) is 3.17. The lowest BCUT2D eigenvalue weighted by Crippen LogP contribution is -2.41. The second-order valence-electron chi connectivity index (χ2n) is 5.57. The van der Waals surface area contributed by atoms with Crippen LogP contribution in [-0.2, 0) is 16.8 Å². The van der Waals surface area contributed by atoms with Crippen molar-refractivity contribution in [2.45, 2.75) is 24.9 Å². The number of rotatable bonds is 4. The van der Waals surface area contributed by atoms with Gasteiger partial charge in [0.2, 0.25) is 0 Å². The van der Waals surface area contributed by atoms with Crippen LogP contribution in [0.4, 0.5) is 0 Å². The summed E-state index contributed by atoms with van der Waals surface area (Å²) >= 11 is 0. The van der Waals surface area contributed by atoms with Gasteiger partial charge in [-0.2, -0.15) is 0 Å². The standard InChI is InChI=1S/C18H19NO2/c1-13-16-5-3-4-6-17(16)18(12-20,19-13)11-14-7-9-15(21-2)10-8-14/h3-10,12-13,19H,11H2,1-2H3. The lowest BCUT2D eigenvalue weighted by Gasteiger charge is -2.25. The Morgan fingerprint density at radius 3 is 2.57 bits per heavy atom. The number of carbonyl (C=O) groups excluding carboxylic acids is 1. The van der Waals surface area contributed by atoms with Crippen LogP contribution in [0.5, 0.6) is 5.75 Å². The highest BCUT2D eigenvalue weighted by Gasteiger charge is 2.41. The summed E-state index contributed by atoms with van der Waals surface area (Å²) in [6.45, 7) is 2.10. The SMILES string of the molecule is COc1ccc(CC2(C=O)NC(C)c3ccccc32)cc1. The molecule has 0 aromatic heterocycles. The molecule has 1 aliphatic rings. The van der Waals surface area contributed by atoms with E-state index in [1.54, 1.807) is 7.11 Å². The van der Waals surface area contributed by atoms with Gasteiger partial charge in [-0.25, -0.2) is 0 Å². The predicted octanol–water partition coefficient (Wildman–Crippen LogP) is 3.00. The number of hydrogen-bond donors (Lipinski definition) is 1. The highest BCUT2D eigenvalue weighted by Crippen LogP contribution is 2.38. The minimum absolute atomic E-state index is 0.185. The van der Waals surface area contributed by atoms with Crippen molar-refractivity contribution in [2.75, 3.05) is 7.11 Å². The first-order chi connectivity index (χ1) is 10.2. The lowest BCUT2D eigenvalue weighted by molar-refractivity contribution is -0.113. The van der Waals surface area contributed by atoms with E-state index in [9.17, 15) is 4.79 Å². The van der Waals surface area contributed by atoms with E-state index in [1.807, 2.05) is 42.5 Å². The van der Waals surface area contributed by atoms with E-state index in [-0.39, 0.29) is 6.04 Å². The van der Waals surface area contributed by atoms with E-state index < -0.39 is 5.54 Å². The third-order valence-electron chi connectivity index (χ3n) is 4.23. The van der Waals surface area contributed by atoms with Crippen LogP contribution in [0.1, 0.15) is 29.7 Å². The normalized spacial score (nSPS) is 23.6. The molecule has 1 aliphatic heterocycles. The molecule has 1 N–H and O–H groups in total. The molecule has 0 aliphatic carbocycles. The topological polar surface area (TPSA) is 38.3 Å². The average molecular weight is 281 g/mol. The Labute approximate surface area is 124 Å². The van der Waals surface area contributed by atoms with E-state index in [4.69, 9.17) is 4.74 Å². The summed E-state index contributed by atoms with van der Waals surface area (Å²) in [7, 11) is 1.65. The van der Waals surface area contributed by atoms with Gasteiger partial charge < -0.3 is 9.53 Å². The number of carbonyl (C=O) groups is 1. The van der Waals surface area contributed by atoms with Crippen LogP contribution in [-0.4, -0.2) is 13.4 Å². The molecule has 2 aromatic carbocycles. The molecule has 0 spiro atoms. The largest absolute Gasteiger partial charge is 0.497 e. The fourth-order valence-electron chi connectivity index (χ4n) is 3.17. The summed E-state index contributed by atoms with van der Waals surface area (Å²) < 4.78 is 5.18. The molecule has 21 heavy (non-hydrogen) atoms. The minimum atomic E-state index is -0.634. The molecular formula is C18H19NO2. The van der Waals surface area contributed by atoms with Gasteiger partial charge >= 0.3 is 0 Å². The van der Waals surface area contributed by atoms with Crippen LogP contribution in [0.2, 0.25) is 0 Å². The first-order valence-electron chi connectivity index (χ1n) is 7.15. The molecule has 3 heteroatoms. The van der Waals surface area contributed by atoms with E-state index in [0.29, 0.717) is 6.42 Å². The summed E-state index contributed by atoms with van der Waals surface area (Å²) in [5.41, 5.74) is 2.77. The number of ether oxygens (including phenoxy) is 1. The third-order valence-corrected chi connectivity index (χ3v) is 4.23. The molecule has 0 amide bonds. The third kappa shape index (κ3) is 2.34. The first kappa shape index (κ1) is 13.8. The van der Waals surface area contributed by atoms with Gasteiger partial charge in [0.25, 0.3) is 0 Å². The highest BCUT2D eigenvalue weighted by molar-refractivity contribution is 5.72. The second-order valence-corrected chi connectivity index (χ2v) is 5.57.